The van der Waals surface area contributed by atoms with E-state index in [1.807, 2.05) is 13.0 Å². The molecule has 2 aromatic rings. The predicted molar refractivity (Wildman–Crippen MR) is 111 cm³/mol. The van der Waals surface area contributed by atoms with E-state index in [9.17, 15) is 4.79 Å². The summed E-state index contributed by atoms with van der Waals surface area (Å²) in [4.78, 5) is 13.9. The molecule has 2 aromatic carbocycles. The lowest BCUT2D eigenvalue weighted by Crippen LogP contribution is -2.38. The number of ether oxygens (including phenoxy) is 2. The molecule has 150 valence electrons. The first-order chi connectivity index (χ1) is 13.7. The molecule has 1 fully saturated rings. The van der Waals surface area contributed by atoms with Crippen LogP contribution in [-0.2, 0) is 14.3 Å². The highest BCUT2D eigenvalue weighted by atomic mass is 16.5. The van der Waals surface area contributed by atoms with Crippen LogP contribution >= 0.6 is 0 Å². The number of nitrogens with zero attached hydrogens (tertiary/aromatic N) is 1. The van der Waals surface area contributed by atoms with Gasteiger partial charge in [0, 0.05) is 19.6 Å². The van der Waals surface area contributed by atoms with Gasteiger partial charge in [-0.3, -0.25) is 4.79 Å². The van der Waals surface area contributed by atoms with Gasteiger partial charge in [0.15, 0.2) is 0 Å². The van der Waals surface area contributed by atoms with Gasteiger partial charge in [-0.15, -0.1) is 0 Å². The quantitative estimate of drug-likeness (QED) is 0.630. The molecule has 4 heteroatoms. The highest BCUT2D eigenvalue weighted by molar-refractivity contribution is 5.69. The van der Waals surface area contributed by atoms with Gasteiger partial charge in [0.05, 0.1) is 19.1 Å². The number of hydrogen-bond donors (Lipinski definition) is 0. The van der Waals surface area contributed by atoms with Gasteiger partial charge in [0.2, 0.25) is 0 Å². The fourth-order valence-electron chi connectivity index (χ4n) is 3.78. The largest absolute Gasteiger partial charge is 0.466 e. The summed E-state index contributed by atoms with van der Waals surface area (Å²) in [5.41, 5.74) is 3.68. The van der Waals surface area contributed by atoms with Crippen LogP contribution in [0.4, 0.5) is 0 Å². The lowest BCUT2D eigenvalue weighted by Gasteiger charge is -2.34. The predicted octanol–water partition coefficient (Wildman–Crippen LogP) is 4.52. The maximum Gasteiger partial charge on any atom is 0.307 e. The van der Waals surface area contributed by atoms with Crippen molar-refractivity contribution in [3.05, 3.63) is 71.3 Å². The Balaban J connectivity index is 1.60. The lowest BCUT2D eigenvalue weighted by molar-refractivity contribution is -0.143. The van der Waals surface area contributed by atoms with Gasteiger partial charge in [0.1, 0.15) is 6.10 Å². The highest BCUT2D eigenvalue weighted by Crippen LogP contribution is 2.31. The number of esters is 1. The van der Waals surface area contributed by atoms with Crippen molar-refractivity contribution in [3.8, 4) is 0 Å². The van der Waals surface area contributed by atoms with E-state index in [1.165, 1.54) is 16.7 Å². The maximum atomic E-state index is 11.6. The Morgan fingerprint density at radius 1 is 1.07 bits per heavy atom. The smallest absolute Gasteiger partial charge is 0.307 e. The normalized spacial score (nSPS) is 16.6. The number of rotatable bonds is 8. The van der Waals surface area contributed by atoms with E-state index in [2.05, 4.69) is 60.4 Å². The molecule has 0 radical (unpaired) electrons. The van der Waals surface area contributed by atoms with Crippen LogP contribution in [0.2, 0.25) is 0 Å². The summed E-state index contributed by atoms with van der Waals surface area (Å²) in [6, 6.07) is 18.9. The summed E-state index contributed by atoms with van der Waals surface area (Å²) in [6.45, 7) is 7.13. The first-order valence-electron chi connectivity index (χ1n) is 10.3. The monoisotopic (exact) mass is 381 g/mol. The van der Waals surface area contributed by atoms with Crippen molar-refractivity contribution in [3.63, 3.8) is 0 Å². The zero-order valence-corrected chi connectivity index (χ0v) is 17.0. The second-order valence-electron chi connectivity index (χ2n) is 7.38. The van der Waals surface area contributed by atoms with Crippen LogP contribution in [0.5, 0.6) is 0 Å². The highest BCUT2D eigenvalue weighted by Gasteiger charge is 2.25. The van der Waals surface area contributed by atoms with Gasteiger partial charge in [-0.1, -0.05) is 54.6 Å². The zero-order chi connectivity index (χ0) is 19.8. The molecule has 4 nitrogen and oxygen atoms in total. The molecular weight excluding hydrogens is 350 g/mol. The van der Waals surface area contributed by atoms with Crippen LogP contribution in [0, 0.1) is 6.92 Å². The minimum atomic E-state index is -0.107. The fourth-order valence-corrected chi connectivity index (χ4v) is 3.78. The number of hydrogen-bond acceptors (Lipinski definition) is 4. The number of aryl methyl sites for hydroxylation is 1. The molecule has 1 saturated heterocycles. The number of carbonyl (C=O) groups excluding carboxylic acids is 1. The van der Waals surface area contributed by atoms with Crippen LogP contribution in [0.3, 0.4) is 0 Å². The molecule has 0 N–H and O–H groups in total. The van der Waals surface area contributed by atoms with E-state index in [0.29, 0.717) is 13.0 Å². The van der Waals surface area contributed by atoms with Crippen LogP contribution in [0.15, 0.2) is 54.6 Å². The molecule has 28 heavy (non-hydrogen) atoms. The van der Waals surface area contributed by atoms with Gasteiger partial charge in [-0.05, 0) is 43.4 Å². The second-order valence-corrected chi connectivity index (χ2v) is 7.38. The van der Waals surface area contributed by atoms with Gasteiger partial charge in [-0.2, -0.15) is 0 Å². The van der Waals surface area contributed by atoms with Gasteiger partial charge < -0.3 is 14.4 Å². The third-order valence-corrected chi connectivity index (χ3v) is 5.37. The standard InChI is InChI=1S/C24H31NO3/c1-3-27-23(26)15-18-25-16-13-21(14-17-25)28-24(20-10-5-4-6-11-20)22-12-8-7-9-19(22)2/h4-12,21,24H,3,13-18H2,1-2H3. The average molecular weight is 382 g/mol. The van der Waals surface area contributed by atoms with Gasteiger partial charge >= 0.3 is 5.97 Å². The van der Waals surface area contributed by atoms with Crippen molar-refractivity contribution in [2.24, 2.45) is 0 Å². The van der Waals surface area contributed by atoms with Crippen molar-refractivity contribution in [1.82, 2.24) is 4.90 Å². The molecular formula is C24H31NO3. The van der Waals surface area contributed by atoms with Gasteiger partial charge in [0.25, 0.3) is 0 Å². The topological polar surface area (TPSA) is 38.8 Å². The lowest BCUT2D eigenvalue weighted by atomic mass is 9.96. The summed E-state index contributed by atoms with van der Waals surface area (Å²) >= 11 is 0. The molecule has 3 rings (SSSR count). The Hall–Kier alpha value is -2.17. The van der Waals surface area contributed by atoms with E-state index in [0.717, 1.165) is 32.5 Å². The molecule has 1 unspecified atom stereocenters. The van der Waals surface area contributed by atoms with E-state index in [-0.39, 0.29) is 18.2 Å². The summed E-state index contributed by atoms with van der Waals surface area (Å²) < 4.78 is 11.7. The molecule has 0 bridgehead atoms. The third-order valence-electron chi connectivity index (χ3n) is 5.37. The first kappa shape index (κ1) is 20.6. The second kappa shape index (κ2) is 10.4. The maximum absolute atomic E-state index is 11.6. The van der Waals surface area contributed by atoms with Crippen molar-refractivity contribution in [2.45, 2.75) is 45.3 Å². The van der Waals surface area contributed by atoms with Crippen LogP contribution in [0.25, 0.3) is 0 Å². The number of benzene rings is 2. The number of carbonyl (C=O) groups is 1. The number of piperidine rings is 1. The molecule has 0 spiro atoms. The Labute approximate surface area is 168 Å². The van der Waals surface area contributed by atoms with Crippen molar-refractivity contribution < 1.29 is 14.3 Å². The molecule has 1 aliphatic rings. The van der Waals surface area contributed by atoms with E-state index in [4.69, 9.17) is 9.47 Å². The number of likely N-dealkylation sites (tertiary alicyclic amines) is 1. The Bertz CT molecular complexity index is 739. The molecule has 0 saturated carbocycles. The van der Waals surface area contributed by atoms with Crippen LogP contribution in [-0.4, -0.2) is 43.2 Å². The molecule has 1 aliphatic heterocycles. The Morgan fingerprint density at radius 2 is 1.75 bits per heavy atom. The van der Waals surface area contributed by atoms with E-state index < -0.39 is 0 Å². The summed E-state index contributed by atoms with van der Waals surface area (Å²) in [5, 5.41) is 0. The van der Waals surface area contributed by atoms with Crippen LogP contribution in [0.1, 0.15) is 49.0 Å². The average Bonchev–Trinajstić information content (AvgIpc) is 2.73. The van der Waals surface area contributed by atoms with Crippen LogP contribution < -0.4 is 0 Å². The molecule has 1 heterocycles. The Morgan fingerprint density at radius 3 is 2.43 bits per heavy atom. The summed E-state index contributed by atoms with van der Waals surface area (Å²) in [6.07, 6.45) is 2.62. The molecule has 0 aliphatic carbocycles. The van der Waals surface area contributed by atoms with E-state index >= 15 is 0 Å². The zero-order valence-electron chi connectivity index (χ0n) is 17.0. The third kappa shape index (κ3) is 5.66. The summed E-state index contributed by atoms with van der Waals surface area (Å²) in [5.74, 6) is -0.107. The molecule has 0 amide bonds. The molecule has 1 atom stereocenters. The Kier molecular flexibility index (Phi) is 7.63. The fraction of sp³-hybridized carbons (Fsp3) is 0.458. The van der Waals surface area contributed by atoms with Crippen molar-refractivity contribution >= 4 is 5.97 Å². The van der Waals surface area contributed by atoms with Crippen molar-refractivity contribution in [2.75, 3.05) is 26.2 Å². The molecule has 0 aromatic heterocycles. The first-order valence-corrected chi connectivity index (χ1v) is 10.3. The minimum absolute atomic E-state index is 0.0431. The SMILES string of the molecule is CCOC(=O)CCN1CCC(OC(c2ccccc2)c2ccccc2C)CC1. The van der Waals surface area contributed by atoms with Gasteiger partial charge in [-0.25, -0.2) is 0 Å². The van der Waals surface area contributed by atoms with Crippen molar-refractivity contribution in [1.29, 1.82) is 0 Å². The minimum Gasteiger partial charge on any atom is -0.466 e. The summed E-state index contributed by atoms with van der Waals surface area (Å²) in [7, 11) is 0. The van der Waals surface area contributed by atoms with E-state index in [1.54, 1.807) is 0 Å².